The maximum absolute atomic E-state index is 12.6. The summed E-state index contributed by atoms with van der Waals surface area (Å²) in [6.45, 7) is 1.79. The van der Waals surface area contributed by atoms with Gasteiger partial charge in [0.25, 0.3) is 0 Å². The maximum Gasteiger partial charge on any atom is 0.241 e. The van der Waals surface area contributed by atoms with Gasteiger partial charge in [-0.25, -0.2) is 13.1 Å². The lowest BCUT2D eigenvalue weighted by atomic mass is 9.97. The summed E-state index contributed by atoms with van der Waals surface area (Å²) in [6, 6.07) is 3.33. The minimum atomic E-state index is -3.51. The summed E-state index contributed by atoms with van der Waals surface area (Å²) in [5.74, 6) is 0. The molecule has 4 nitrogen and oxygen atoms in total. The van der Waals surface area contributed by atoms with E-state index in [9.17, 15) is 8.42 Å². The lowest BCUT2D eigenvalue weighted by molar-refractivity contribution is 0.426. The number of hydrogen-bond acceptors (Lipinski definition) is 3. The molecule has 3 N–H and O–H groups in total. The molecule has 1 aromatic rings. The third kappa shape index (κ3) is 4.44. The lowest BCUT2D eigenvalue weighted by Crippen LogP contribution is -2.35. The summed E-state index contributed by atoms with van der Waals surface area (Å²) in [6.07, 6.45) is 7.69. The number of aryl methyl sites for hydroxylation is 1. The molecule has 0 bridgehead atoms. The van der Waals surface area contributed by atoms with Crippen molar-refractivity contribution in [3.8, 4) is 0 Å². The summed E-state index contributed by atoms with van der Waals surface area (Å²) >= 11 is 3.32. The van der Waals surface area contributed by atoms with Crippen molar-refractivity contribution in [2.45, 2.75) is 62.8 Å². The average molecular weight is 375 g/mol. The van der Waals surface area contributed by atoms with Gasteiger partial charge >= 0.3 is 0 Å². The Kier molecular flexibility index (Phi) is 5.68. The largest absolute Gasteiger partial charge is 0.398 e. The number of sulfonamides is 1. The van der Waals surface area contributed by atoms with Crippen LogP contribution in [-0.4, -0.2) is 14.5 Å². The normalized spacial score (nSPS) is 18.2. The van der Waals surface area contributed by atoms with Gasteiger partial charge in [-0.3, -0.25) is 0 Å². The number of benzene rings is 1. The van der Waals surface area contributed by atoms with E-state index in [1.807, 2.05) is 0 Å². The van der Waals surface area contributed by atoms with E-state index in [1.165, 1.54) is 25.3 Å². The van der Waals surface area contributed by atoms with Crippen molar-refractivity contribution in [2.75, 3.05) is 5.73 Å². The molecule has 0 amide bonds. The first kappa shape index (κ1) is 16.8. The van der Waals surface area contributed by atoms with E-state index in [0.717, 1.165) is 30.2 Å². The highest BCUT2D eigenvalue weighted by molar-refractivity contribution is 9.10. The van der Waals surface area contributed by atoms with Gasteiger partial charge in [-0.15, -0.1) is 0 Å². The van der Waals surface area contributed by atoms with E-state index in [2.05, 4.69) is 20.7 Å². The highest BCUT2D eigenvalue weighted by atomic mass is 79.9. The Labute approximate surface area is 135 Å². The topological polar surface area (TPSA) is 72.2 Å². The fourth-order valence-corrected chi connectivity index (χ4v) is 4.84. The van der Waals surface area contributed by atoms with Crippen LogP contribution in [0.1, 0.15) is 50.5 Å². The highest BCUT2D eigenvalue weighted by Gasteiger charge is 2.23. The number of hydrogen-bond donors (Lipinski definition) is 2. The average Bonchev–Trinajstić information content (AvgIpc) is 2.36. The van der Waals surface area contributed by atoms with Gasteiger partial charge in [0.1, 0.15) is 0 Å². The van der Waals surface area contributed by atoms with Crippen LogP contribution in [0.15, 0.2) is 21.5 Å². The first-order valence-corrected chi connectivity index (χ1v) is 9.76. The lowest BCUT2D eigenvalue weighted by Gasteiger charge is -2.21. The number of nitrogens with two attached hydrogens (primary N) is 1. The number of rotatable bonds is 3. The summed E-state index contributed by atoms with van der Waals surface area (Å²) in [7, 11) is -3.51. The van der Waals surface area contributed by atoms with Crippen LogP contribution in [0.5, 0.6) is 0 Å². The predicted octanol–water partition coefficient (Wildman–Crippen LogP) is 3.73. The van der Waals surface area contributed by atoms with Crippen molar-refractivity contribution >= 4 is 31.6 Å². The molecule has 0 atom stereocenters. The smallest absolute Gasteiger partial charge is 0.241 e. The zero-order chi connectivity index (χ0) is 15.5. The zero-order valence-electron chi connectivity index (χ0n) is 12.4. The minimum absolute atomic E-state index is 0.0413. The molecule has 0 radical (unpaired) electrons. The second-order valence-corrected chi connectivity index (χ2v) is 8.34. The SMILES string of the molecule is Cc1cc(Br)c(N)cc1S(=O)(=O)NC1CCCCCCC1. The van der Waals surface area contributed by atoms with Crippen LogP contribution >= 0.6 is 15.9 Å². The molecule has 1 aliphatic carbocycles. The second kappa shape index (κ2) is 7.11. The molecule has 1 fully saturated rings. The molecule has 0 saturated heterocycles. The van der Waals surface area contributed by atoms with Gasteiger partial charge in [0.2, 0.25) is 10.0 Å². The summed E-state index contributed by atoms with van der Waals surface area (Å²) in [5.41, 5.74) is 6.97. The third-order valence-corrected chi connectivity index (χ3v) is 6.36. The van der Waals surface area contributed by atoms with E-state index >= 15 is 0 Å². The fourth-order valence-electron chi connectivity index (χ4n) is 2.81. The van der Waals surface area contributed by atoms with Crippen LogP contribution in [0.4, 0.5) is 5.69 Å². The van der Waals surface area contributed by atoms with E-state index < -0.39 is 10.0 Å². The van der Waals surface area contributed by atoms with Crippen molar-refractivity contribution < 1.29 is 8.42 Å². The second-order valence-electron chi connectivity index (χ2n) is 5.80. The predicted molar refractivity (Wildman–Crippen MR) is 89.7 cm³/mol. The Balaban J connectivity index is 2.19. The Bertz CT molecular complexity index is 594. The molecule has 0 unspecified atom stereocenters. The number of halogens is 1. The van der Waals surface area contributed by atoms with Crippen molar-refractivity contribution in [3.05, 3.63) is 22.2 Å². The zero-order valence-corrected chi connectivity index (χ0v) is 14.8. The van der Waals surface area contributed by atoms with Crippen LogP contribution in [0, 0.1) is 6.92 Å². The molecule has 1 aromatic carbocycles. The molecule has 2 rings (SSSR count). The van der Waals surface area contributed by atoms with Crippen LogP contribution in [0.2, 0.25) is 0 Å². The Morgan fingerprint density at radius 2 is 1.71 bits per heavy atom. The van der Waals surface area contributed by atoms with Crippen LogP contribution in [0.3, 0.4) is 0 Å². The van der Waals surface area contributed by atoms with Crippen LogP contribution in [-0.2, 0) is 10.0 Å². The Morgan fingerprint density at radius 1 is 1.14 bits per heavy atom. The molecule has 21 heavy (non-hydrogen) atoms. The summed E-state index contributed by atoms with van der Waals surface area (Å²) in [5, 5.41) is 0. The molecule has 118 valence electrons. The maximum atomic E-state index is 12.6. The van der Waals surface area contributed by atoms with Gasteiger partial charge in [0.15, 0.2) is 0 Å². The molecule has 0 spiro atoms. The van der Waals surface area contributed by atoms with Crippen LogP contribution in [0.25, 0.3) is 0 Å². The van der Waals surface area contributed by atoms with E-state index in [-0.39, 0.29) is 10.9 Å². The van der Waals surface area contributed by atoms with Crippen molar-refractivity contribution in [3.63, 3.8) is 0 Å². The number of anilines is 1. The van der Waals surface area contributed by atoms with Gasteiger partial charge in [-0.1, -0.05) is 32.1 Å². The minimum Gasteiger partial charge on any atom is -0.398 e. The van der Waals surface area contributed by atoms with Crippen molar-refractivity contribution in [1.29, 1.82) is 0 Å². The van der Waals surface area contributed by atoms with Gasteiger partial charge < -0.3 is 5.73 Å². The molecule has 6 heteroatoms. The fraction of sp³-hybridized carbons (Fsp3) is 0.600. The molecule has 0 aromatic heterocycles. The standard InChI is InChI=1S/C15H23BrN2O2S/c1-11-9-13(16)14(17)10-15(11)21(19,20)18-12-7-5-3-2-4-6-8-12/h9-10,12,18H,2-8,17H2,1H3. The van der Waals surface area contributed by atoms with E-state index in [0.29, 0.717) is 11.3 Å². The van der Waals surface area contributed by atoms with E-state index in [4.69, 9.17) is 5.73 Å². The molecule has 0 heterocycles. The summed E-state index contributed by atoms with van der Waals surface area (Å²) in [4.78, 5) is 0.283. The molecule has 1 saturated carbocycles. The van der Waals surface area contributed by atoms with Crippen molar-refractivity contribution in [2.24, 2.45) is 0 Å². The quantitative estimate of drug-likeness (QED) is 0.791. The number of nitrogens with one attached hydrogen (secondary N) is 1. The van der Waals surface area contributed by atoms with Gasteiger partial charge in [-0.05, 0) is 53.4 Å². The Hall–Kier alpha value is -0.590. The monoisotopic (exact) mass is 374 g/mol. The molecular weight excluding hydrogens is 352 g/mol. The van der Waals surface area contributed by atoms with Gasteiger partial charge in [0.05, 0.1) is 4.90 Å². The molecule has 0 aliphatic heterocycles. The van der Waals surface area contributed by atoms with Crippen LogP contribution < -0.4 is 10.5 Å². The number of nitrogen functional groups attached to an aromatic ring is 1. The molecule has 1 aliphatic rings. The molecular formula is C15H23BrN2O2S. The Morgan fingerprint density at radius 3 is 2.33 bits per heavy atom. The first-order valence-electron chi connectivity index (χ1n) is 7.48. The first-order chi connectivity index (χ1) is 9.90. The van der Waals surface area contributed by atoms with Gasteiger partial charge in [-0.2, -0.15) is 0 Å². The van der Waals surface area contributed by atoms with E-state index in [1.54, 1.807) is 13.0 Å². The van der Waals surface area contributed by atoms with Gasteiger partial charge in [0, 0.05) is 16.2 Å². The highest BCUT2D eigenvalue weighted by Crippen LogP contribution is 2.27. The summed E-state index contributed by atoms with van der Waals surface area (Å²) < 4.78 is 28.8. The third-order valence-electron chi connectivity index (χ3n) is 4.01. The van der Waals surface area contributed by atoms with Crippen molar-refractivity contribution in [1.82, 2.24) is 4.72 Å².